The molecule has 4 rings (SSSR count). The van der Waals surface area contributed by atoms with Gasteiger partial charge < -0.3 is 9.51 Å². The summed E-state index contributed by atoms with van der Waals surface area (Å²) in [6, 6.07) is 15.7. The van der Waals surface area contributed by atoms with E-state index in [1.165, 1.54) is 11.1 Å². The van der Waals surface area contributed by atoms with E-state index in [0.717, 1.165) is 42.7 Å². The summed E-state index contributed by atoms with van der Waals surface area (Å²) in [5, 5.41) is 18.9. The van der Waals surface area contributed by atoms with Crippen molar-refractivity contribution in [1.29, 1.82) is 5.26 Å². The molecule has 0 fully saturated rings. The lowest BCUT2D eigenvalue weighted by molar-refractivity contribution is 0.294. The lowest BCUT2D eigenvalue weighted by Crippen LogP contribution is -2.28. The van der Waals surface area contributed by atoms with E-state index in [0.29, 0.717) is 5.75 Å². The Hall–Kier alpha value is -3.03. The molecule has 2 aromatic heterocycles. The zero-order valence-corrected chi connectivity index (χ0v) is 13.9. The van der Waals surface area contributed by atoms with Gasteiger partial charge in [-0.15, -0.1) is 0 Å². The fourth-order valence-electron chi connectivity index (χ4n) is 3.46. The minimum absolute atomic E-state index is 0.298. The van der Waals surface area contributed by atoms with Crippen molar-refractivity contribution in [1.82, 2.24) is 9.30 Å². The molecule has 1 aromatic carbocycles. The summed E-state index contributed by atoms with van der Waals surface area (Å²) in [4.78, 5) is 2.36. The lowest BCUT2D eigenvalue weighted by Gasteiger charge is -2.26. The average molecular weight is 329 g/mol. The standard InChI is InChI=1S/C21H19N3O/c22-13-20-18(15-24-10-2-1-3-21(20)24)14-23-11-8-17(9-12-23)16-4-6-19(25)7-5-16/h1-8,10,15,25H,9,11-12,14H2. The number of hydrogen-bond donors (Lipinski definition) is 1. The number of rotatable bonds is 3. The van der Waals surface area contributed by atoms with Crippen LogP contribution in [0.25, 0.3) is 11.1 Å². The van der Waals surface area contributed by atoms with Crippen molar-refractivity contribution in [3.63, 3.8) is 0 Å². The van der Waals surface area contributed by atoms with Gasteiger partial charge in [0.2, 0.25) is 0 Å². The zero-order chi connectivity index (χ0) is 17.2. The summed E-state index contributed by atoms with van der Waals surface area (Å²) in [6.45, 7) is 2.61. The first kappa shape index (κ1) is 15.5. The summed E-state index contributed by atoms with van der Waals surface area (Å²) >= 11 is 0. The Bertz CT molecular complexity index is 977. The first-order valence-corrected chi connectivity index (χ1v) is 8.44. The monoisotopic (exact) mass is 329 g/mol. The minimum Gasteiger partial charge on any atom is -0.508 e. The SMILES string of the molecule is N#Cc1c(CN2CC=C(c3ccc(O)cc3)CC2)cn2ccccc12. The minimum atomic E-state index is 0.298. The first-order valence-electron chi connectivity index (χ1n) is 8.44. The molecular formula is C21H19N3O. The summed E-state index contributed by atoms with van der Waals surface area (Å²) in [7, 11) is 0. The third-order valence-electron chi connectivity index (χ3n) is 4.80. The molecule has 1 aliphatic rings. The van der Waals surface area contributed by atoms with Crippen LogP contribution in [0.5, 0.6) is 5.75 Å². The van der Waals surface area contributed by atoms with Crippen molar-refractivity contribution in [2.24, 2.45) is 0 Å². The number of phenolic OH excluding ortho intramolecular Hbond substituents is 1. The smallest absolute Gasteiger partial charge is 0.115 e. The van der Waals surface area contributed by atoms with Crippen LogP contribution in [-0.4, -0.2) is 27.5 Å². The van der Waals surface area contributed by atoms with Crippen LogP contribution in [0.1, 0.15) is 23.1 Å². The van der Waals surface area contributed by atoms with E-state index < -0.39 is 0 Å². The molecule has 1 N–H and O–H groups in total. The number of hydrogen-bond acceptors (Lipinski definition) is 3. The van der Waals surface area contributed by atoms with Crippen LogP contribution in [0.15, 0.2) is 60.9 Å². The molecule has 0 bridgehead atoms. The Kier molecular flexibility index (Phi) is 4.01. The van der Waals surface area contributed by atoms with E-state index in [4.69, 9.17) is 0 Å². The van der Waals surface area contributed by atoms with Gasteiger partial charge in [0.25, 0.3) is 0 Å². The summed E-state index contributed by atoms with van der Waals surface area (Å²) in [5.74, 6) is 0.298. The topological polar surface area (TPSA) is 51.7 Å². The quantitative estimate of drug-likeness (QED) is 0.795. The Balaban J connectivity index is 1.52. The summed E-state index contributed by atoms with van der Waals surface area (Å²) < 4.78 is 2.02. The second kappa shape index (κ2) is 6.46. The molecule has 0 saturated heterocycles. The molecule has 0 amide bonds. The predicted octanol–water partition coefficient (Wildman–Crippen LogP) is 3.81. The summed E-state index contributed by atoms with van der Waals surface area (Å²) in [6.07, 6.45) is 7.27. The van der Waals surface area contributed by atoms with E-state index in [9.17, 15) is 10.4 Å². The van der Waals surface area contributed by atoms with E-state index in [-0.39, 0.29) is 0 Å². The molecule has 3 aromatic rings. The molecule has 4 heteroatoms. The molecule has 124 valence electrons. The van der Waals surface area contributed by atoms with Gasteiger partial charge in [-0.25, -0.2) is 0 Å². The molecule has 25 heavy (non-hydrogen) atoms. The number of benzene rings is 1. The van der Waals surface area contributed by atoms with Gasteiger partial charge in [0.1, 0.15) is 11.8 Å². The van der Waals surface area contributed by atoms with Crippen LogP contribution in [0, 0.1) is 11.3 Å². The molecule has 0 radical (unpaired) electrons. The van der Waals surface area contributed by atoms with Crippen LogP contribution in [0.3, 0.4) is 0 Å². The predicted molar refractivity (Wildman–Crippen MR) is 98.1 cm³/mol. The number of nitriles is 1. The van der Waals surface area contributed by atoms with Gasteiger partial charge in [-0.2, -0.15) is 5.26 Å². The first-order chi connectivity index (χ1) is 12.2. The van der Waals surface area contributed by atoms with E-state index in [2.05, 4.69) is 23.2 Å². The van der Waals surface area contributed by atoms with Crippen molar-refractivity contribution in [2.45, 2.75) is 13.0 Å². The fourth-order valence-corrected chi connectivity index (χ4v) is 3.46. The molecule has 0 unspecified atom stereocenters. The van der Waals surface area contributed by atoms with Gasteiger partial charge >= 0.3 is 0 Å². The Labute approximate surface area is 146 Å². The third-order valence-corrected chi connectivity index (χ3v) is 4.80. The van der Waals surface area contributed by atoms with E-state index in [1.54, 1.807) is 12.1 Å². The van der Waals surface area contributed by atoms with Crippen molar-refractivity contribution >= 4 is 11.1 Å². The van der Waals surface area contributed by atoms with Crippen molar-refractivity contribution in [2.75, 3.05) is 13.1 Å². The maximum absolute atomic E-state index is 9.53. The highest BCUT2D eigenvalue weighted by molar-refractivity contribution is 5.67. The highest BCUT2D eigenvalue weighted by Gasteiger charge is 2.17. The number of fused-ring (bicyclic) bond motifs is 1. The van der Waals surface area contributed by atoms with Crippen molar-refractivity contribution in [3.8, 4) is 11.8 Å². The maximum atomic E-state index is 9.53. The van der Waals surface area contributed by atoms with Crippen molar-refractivity contribution in [3.05, 3.63) is 77.6 Å². The molecule has 4 nitrogen and oxygen atoms in total. The normalized spacial score (nSPS) is 15.1. The van der Waals surface area contributed by atoms with E-state index >= 15 is 0 Å². The van der Waals surface area contributed by atoms with Crippen LogP contribution in [0.4, 0.5) is 0 Å². The molecule has 0 aliphatic carbocycles. The second-order valence-corrected chi connectivity index (χ2v) is 6.40. The number of phenols is 1. The number of pyridine rings is 1. The van der Waals surface area contributed by atoms with Crippen molar-refractivity contribution < 1.29 is 5.11 Å². The summed E-state index contributed by atoms with van der Waals surface area (Å²) in [5.41, 5.74) is 5.31. The highest BCUT2D eigenvalue weighted by Crippen LogP contribution is 2.26. The number of nitrogens with zero attached hydrogens (tertiary/aromatic N) is 3. The Morgan fingerprint density at radius 3 is 2.68 bits per heavy atom. The van der Waals surface area contributed by atoms with Crippen LogP contribution >= 0.6 is 0 Å². The average Bonchev–Trinajstić information content (AvgIpc) is 3.00. The largest absolute Gasteiger partial charge is 0.508 e. The molecule has 0 saturated carbocycles. The van der Waals surface area contributed by atoms with Gasteiger partial charge in [0.05, 0.1) is 11.1 Å². The zero-order valence-electron chi connectivity index (χ0n) is 13.9. The number of aromatic hydroxyl groups is 1. The van der Waals surface area contributed by atoms with Gasteiger partial charge in [0, 0.05) is 37.6 Å². The molecule has 0 atom stereocenters. The molecule has 1 aliphatic heterocycles. The van der Waals surface area contributed by atoms with Crippen LogP contribution < -0.4 is 0 Å². The van der Waals surface area contributed by atoms with Crippen LogP contribution in [-0.2, 0) is 6.54 Å². The van der Waals surface area contributed by atoms with Crippen LogP contribution in [0.2, 0.25) is 0 Å². The Morgan fingerprint density at radius 2 is 1.96 bits per heavy atom. The van der Waals surface area contributed by atoms with Gasteiger partial charge in [-0.3, -0.25) is 4.90 Å². The van der Waals surface area contributed by atoms with E-state index in [1.807, 2.05) is 40.9 Å². The molecule has 0 spiro atoms. The Morgan fingerprint density at radius 1 is 1.12 bits per heavy atom. The highest BCUT2D eigenvalue weighted by atomic mass is 16.3. The van der Waals surface area contributed by atoms with Gasteiger partial charge in [-0.1, -0.05) is 24.3 Å². The van der Waals surface area contributed by atoms with Gasteiger partial charge in [-0.05, 0) is 41.8 Å². The second-order valence-electron chi connectivity index (χ2n) is 6.40. The number of aromatic nitrogens is 1. The fraction of sp³-hybridized carbons (Fsp3) is 0.190. The maximum Gasteiger partial charge on any atom is 0.115 e. The lowest BCUT2D eigenvalue weighted by atomic mass is 9.99. The molecular weight excluding hydrogens is 310 g/mol. The van der Waals surface area contributed by atoms with Gasteiger partial charge in [0.15, 0.2) is 0 Å². The third kappa shape index (κ3) is 3.02. The molecule has 3 heterocycles.